The van der Waals surface area contributed by atoms with Crippen molar-refractivity contribution < 1.29 is 14.6 Å². The highest BCUT2D eigenvalue weighted by molar-refractivity contribution is 5.68. The number of β-amino-alcohol motifs (C(OH)–C–C–N with tert-alkyl or cyclic N) is 1. The average Bonchev–Trinajstić information content (AvgIpc) is 2.08. The molecular weight excluding hydrogens is 170 g/mol. The Labute approximate surface area is 78.5 Å². The molecule has 1 atom stereocenters. The van der Waals surface area contributed by atoms with Crippen molar-refractivity contribution in [3.8, 4) is 0 Å². The van der Waals surface area contributed by atoms with E-state index in [9.17, 15) is 9.90 Å². The third kappa shape index (κ3) is 2.88. The molecule has 76 valence electrons. The number of nitrogens with zero attached hydrogens (tertiary/aromatic N) is 1. The zero-order valence-electron chi connectivity index (χ0n) is 8.19. The summed E-state index contributed by atoms with van der Waals surface area (Å²) in [4.78, 5) is 12.7. The van der Waals surface area contributed by atoms with Crippen LogP contribution in [0.2, 0.25) is 0 Å². The molecule has 1 fully saturated rings. The van der Waals surface area contributed by atoms with E-state index < -0.39 is 6.10 Å². The van der Waals surface area contributed by atoms with E-state index in [4.69, 9.17) is 4.74 Å². The van der Waals surface area contributed by atoms with Crippen LogP contribution in [-0.4, -0.2) is 41.9 Å². The molecule has 1 aliphatic heterocycles. The van der Waals surface area contributed by atoms with Crippen LogP contribution < -0.4 is 0 Å². The van der Waals surface area contributed by atoms with E-state index in [0.717, 1.165) is 6.42 Å². The van der Waals surface area contributed by atoms with E-state index in [2.05, 4.69) is 0 Å². The molecule has 0 bridgehead atoms. The summed E-state index contributed by atoms with van der Waals surface area (Å²) in [6.45, 7) is 5.45. The topological polar surface area (TPSA) is 49.8 Å². The van der Waals surface area contributed by atoms with Gasteiger partial charge in [-0.3, -0.25) is 0 Å². The van der Waals surface area contributed by atoms with Crippen LogP contribution in [-0.2, 0) is 4.74 Å². The smallest absolute Gasteiger partial charge is 0.409 e. The lowest BCUT2D eigenvalue weighted by Gasteiger charge is -2.29. The Kier molecular flexibility index (Phi) is 3.54. The summed E-state index contributed by atoms with van der Waals surface area (Å²) in [7, 11) is 0. The van der Waals surface area contributed by atoms with E-state index >= 15 is 0 Å². The Balaban J connectivity index is 2.38. The Hall–Kier alpha value is -0.770. The van der Waals surface area contributed by atoms with Crippen LogP contribution in [0.3, 0.4) is 0 Å². The second-order valence-electron chi connectivity index (χ2n) is 3.73. The third-order valence-corrected chi connectivity index (χ3v) is 2.23. The summed E-state index contributed by atoms with van der Waals surface area (Å²) in [5, 5.41) is 9.55. The van der Waals surface area contributed by atoms with Crippen LogP contribution in [0.4, 0.5) is 4.79 Å². The third-order valence-electron chi connectivity index (χ3n) is 2.23. The van der Waals surface area contributed by atoms with Crippen LogP contribution >= 0.6 is 0 Å². The van der Waals surface area contributed by atoms with Crippen LogP contribution in [0, 0.1) is 5.92 Å². The first-order chi connectivity index (χ1) is 6.11. The van der Waals surface area contributed by atoms with Crippen LogP contribution in [0.1, 0.15) is 20.3 Å². The lowest BCUT2D eigenvalue weighted by molar-refractivity contribution is 0.0353. The van der Waals surface area contributed by atoms with Crippen molar-refractivity contribution in [2.24, 2.45) is 5.92 Å². The van der Waals surface area contributed by atoms with Gasteiger partial charge in [0.25, 0.3) is 0 Å². The van der Waals surface area contributed by atoms with Crippen molar-refractivity contribution in [3.05, 3.63) is 0 Å². The number of hydrogen-bond donors (Lipinski definition) is 1. The van der Waals surface area contributed by atoms with Gasteiger partial charge in [0, 0.05) is 6.54 Å². The summed E-state index contributed by atoms with van der Waals surface area (Å²) in [6.07, 6.45) is 0.105. The average molecular weight is 187 g/mol. The monoisotopic (exact) mass is 187 g/mol. The van der Waals surface area contributed by atoms with E-state index in [1.165, 1.54) is 0 Å². The van der Waals surface area contributed by atoms with Gasteiger partial charge in [-0.05, 0) is 12.3 Å². The molecule has 13 heavy (non-hydrogen) atoms. The van der Waals surface area contributed by atoms with E-state index in [-0.39, 0.29) is 12.0 Å². The Morgan fingerprint density at radius 3 is 2.85 bits per heavy atom. The van der Waals surface area contributed by atoms with Crippen LogP contribution in [0.25, 0.3) is 0 Å². The molecule has 0 aromatic carbocycles. The van der Waals surface area contributed by atoms with E-state index in [0.29, 0.717) is 19.7 Å². The fourth-order valence-electron chi connectivity index (χ4n) is 1.20. The fraction of sp³-hybridized carbons (Fsp3) is 0.889. The molecule has 1 amide bonds. The maximum Gasteiger partial charge on any atom is 0.409 e. The lowest BCUT2D eigenvalue weighted by Crippen LogP contribution is -2.43. The standard InChI is InChI=1S/C9H17NO3/c1-7(2)8(11)6-10-4-3-5-13-9(10)12/h7-8,11H,3-6H2,1-2H3. The fourth-order valence-corrected chi connectivity index (χ4v) is 1.20. The molecule has 0 spiro atoms. The molecule has 1 saturated heterocycles. The second kappa shape index (κ2) is 4.46. The largest absolute Gasteiger partial charge is 0.449 e. The number of amides is 1. The first-order valence-corrected chi connectivity index (χ1v) is 4.71. The molecule has 1 aliphatic rings. The first-order valence-electron chi connectivity index (χ1n) is 4.71. The van der Waals surface area contributed by atoms with Crippen molar-refractivity contribution in [2.75, 3.05) is 19.7 Å². The van der Waals surface area contributed by atoms with Crippen molar-refractivity contribution in [1.29, 1.82) is 0 Å². The van der Waals surface area contributed by atoms with E-state index in [1.54, 1.807) is 4.90 Å². The number of rotatable bonds is 3. The van der Waals surface area contributed by atoms with Gasteiger partial charge in [0.05, 0.1) is 19.3 Å². The molecule has 0 aromatic rings. The van der Waals surface area contributed by atoms with Gasteiger partial charge in [-0.25, -0.2) is 4.79 Å². The minimum Gasteiger partial charge on any atom is -0.449 e. The van der Waals surface area contributed by atoms with Crippen LogP contribution in [0.15, 0.2) is 0 Å². The lowest BCUT2D eigenvalue weighted by atomic mass is 10.1. The molecular formula is C9H17NO3. The minimum absolute atomic E-state index is 0.176. The highest BCUT2D eigenvalue weighted by atomic mass is 16.6. The molecule has 0 radical (unpaired) electrons. The van der Waals surface area contributed by atoms with Crippen molar-refractivity contribution >= 4 is 6.09 Å². The van der Waals surface area contributed by atoms with Gasteiger partial charge in [-0.2, -0.15) is 0 Å². The predicted molar refractivity (Wildman–Crippen MR) is 48.4 cm³/mol. The number of cyclic esters (lactones) is 1. The summed E-state index contributed by atoms with van der Waals surface area (Å²) in [6, 6.07) is 0. The van der Waals surface area contributed by atoms with Gasteiger partial charge in [0.1, 0.15) is 0 Å². The van der Waals surface area contributed by atoms with Gasteiger partial charge in [0.15, 0.2) is 0 Å². The minimum atomic E-state index is -0.453. The molecule has 1 N–H and O–H groups in total. The van der Waals surface area contributed by atoms with Crippen molar-refractivity contribution in [2.45, 2.75) is 26.4 Å². The molecule has 0 aromatic heterocycles. The summed E-state index contributed by atoms with van der Waals surface area (Å²) in [5.74, 6) is 0.176. The Morgan fingerprint density at radius 1 is 1.62 bits per heavy atom. The number of hydrogen-bond acceptors (Lipinski definition) is 3. The predicted octanol–water partition coefficient (Wildman–Crippen LogP) is 0.846. The van der Waals surface area contributed by atoms with E-state index in [1.807, 2.05) is 13.8 Å². The zero-order chi connectivity index (χ0) is 9.84. The van der Waals surface area contributed by atoms with Crippen LogP contribution in [0.5, 0.6) is 0 Å². The first kappa shape index (κ1) is 10.3. The van der Waals surface area contributed by atoms with Gasteiger partial charge < -0.3 is 14.7 Å². The summed E-state index contributed by atoms with van der Waals surface area (Å²) < 4.78 is 4.85. The van der Waals surface area contributed by atoms with Gasteiger partial charge in [0.2, 0.25) is 0 Å². The highest BCUT2D eigenvalue weighted by Crippen LogP contribution is 2.09. The molecule has 4 nitrogen and oxygen atoms in total. The summed E-state index contributed by atoms with van der Waals surface area (Å²) in [5.41, 5.74) is 0. The molecule has 1 unspecified atom stereocenters. The molecule has 1 heterocycles. The molecule has 1 rings (SSSR count). The zero-order valence-corrected chi connectivity index (χ0v) is 8.19. The van der Waals surface area contributed by atoms with Gasteiger partial charge in [-0.15, -0.1) is 0 Å². The SMILES string of the molecule is CC(C)C(O)CN1CCCOC1=O. The summed E-state index contributed by atoms with van der Waals surface area (Å²) >= 11 is 0. The number of aliphatic hydroxyl groups excluding tert-OH is 1. The van der Waals surface area contributed by atoms with Gasteiger partial charge in [-0.1, -0.05) is 13.8 Å². The normalized spacial score (nSPS) is 20.3. The molecule has 0 aliphatic carbocycles. The number of ether oxygens (including phenoxy) is 1. The van der Waals surface area contributed by atoms with Gasteiger partial charge >= 0.3 is 6.09 Å². The quantitative estimate of drug-likeness (QED) is 0.712. The number of carbonyl (C=O) groups is 1. The maximum atomic E-state index is 11.1. The second-order valence-corrected chi connectivity index (χ2v) is 3.73. The molecule has 0 saturated carbocycles. The van der Waals surface area contributed by atoms with Crippen molar-refractivity contribution in [3.63, 3.8) is 0 Å². The Morgan fingerprint density at radius 2 is 2.31 bits per heavy atom. The Bertz CT molecular complexity index is 182. The molecule has 4 heteroatoms. The highest BCUT2D eigenvalue weighted by Gasteiger charge is 2.23. The maximum absolute atomic E-state index is 11.1. The number of carbonyl (C=O) groups excluding carboxylic acids is 1. The number of aliphatic hydroxyl groups is 1. The van der Waals surface area contributed by atoms with Crippen molar-refractivity contribution in [1.82, 2.24) is 4.90 Å².